The van der Waals surface area contributed by atoms with E-state index in [4.69, 9.17) is 26.8 Å². The van der Waals surface area contributed by atoms with Crippen LogP contribution in [0.25, 0.3) is 21.9 Å². The number of hydrogen-bond acceptors (Lipinski definition) is 6. The lowest BCUT2D eigenvalue weighted by Gasteiger charge is -2.26. The van der Waals surface area contributed by atoms with E-state index in [1.165, 1.54) is 11.9 Å². The van der Waals surface area contributed by atoms with E-state index in [2.05, 4.69) is 60.2 Å². The van der Waals surface area contributed by atoms with Crippen LogP contribution in [0.1, 0.15) is 31.9 Å². The third-order valence-corrected chi connectivity index (χ3v) is 8.22. The van der Waals surface area contributed by atoms with Crippen molar-refractivity contribution in [3.8, 4) is 0 Å². The van der Waals surface area contributed by atoms with Crippen LogP contribution < -0.4 is 5.73 Å². The first-order chi connectivity index (χ1) is 16.7. The van der Waals surface area contributed by atoms with Gasteiger partial charge in [0, 0.05) is 17.5 Å². The van der Waals surface area contributed by atoms with Crippen LogP contribution >= 0.6 is 27.5 Å². The Bertz CT molecular complexity index is 1490. The lowest BCUT2D eigenvalue weighted by Crippen LogP contribution is -2.27. The number of nitrogens with two attached hydrogens (primary N) is 1. The summed E-state index contributed by atoms with van der Waals surface area (Å²) in [6.45, 7) is 8.46. The van der Waals surface area contributed by atoms with E-state index in [1.54, 1.807) is 0 Å². The molecule has 2 N–H and O–H groups in total. The number of fused-ring (bicyclic) bond motifs is 3. The predicted octanol–water partition coefficient (Wildman–Crippen LogP) is 5.86. The lowest BCUT2D eigenvalue weighted by molar-refractivity contribution is -0.156. The number of ether oxygens (including phenoxy) is 2. The van der Waals surface area contributed by atoms with Crippen LogP contribution in [-0.2, 0) is 15.9 Å². The Balaban J connectivity index is 1.31. The average Bonchev–Trinajstić information content (AvgIpc) is 3.43. The van der Waals surface area contributed by atoms with Crippen LogP contribution in [0, 0.1) is 5.92 Å². The number of nitrogen functional groups attached to an aromatic ring is 1. The van der Waals surface area contributed by atoms with Crippen LogP contribution in [0.5, 0.6) is 0 Å². The molecule has 4 aromatic rings. The number of rotatable bonds is 4. The fraction of sp³-hybridized carbons (Fsp3) is 0.346. The summed E-state index contributed by atoms with van der Waals surface area (Å²) < 4.78 is 15.7. The number of hydrogen-bond donors (Lipinski definition) is 1. The largest absolute Gasteiger partial charge is 0.383 e. The van der Waals surface area contributed by atoms with E-state index >= 15 is 0 Å². The van der Waals surface area contributed by atoms with E-state index in [1.807, 2.05) is 32.2 Å². The molecule has 1 aromatic carbocycles. The van der Waals surface area contributed by atoms with Gasteiger partial charge in [0.1, 0.15) is 29.0 Å². The van der Waals surface area contributed by atoms with Gasteiger partial charge in [-0.05, 0) is 72.0 Å². The quantitative estimate of drug-likeness (QED) is 0.251. The molecule has 3 aromatic heterocycles. The van der Waals surface area contributed by atoms with Crippen molar-refractivity contribution in [2.24, 2.45) is 5.92 Å². The molecule has 0 radical (unpaired) electrons. The van der Waals surface area contributed by atoms with E-state index in [9.17, 15) is 0 Å². The molecule has 7 nitrogen and oxygen atoms in total. The van der Waals surface area contributed by atoms with Crippen molar-refractivity contribution in [3.05, 3.63) is 70.2 Å². The zero-order valence-electron chi connectivity index (χ0n) is 19.4. The predicted molar refractivity (Wildman–Crippen MR) is 140 cm³/mol. The molecule has 1 aliphatic heterocycles. The first-order valence-corrected chi connectivity index (χ1v) is 12.7. The van der Waals surface area contributed by atoms with Gasteiger partial charge in [-0.3, -0.25) is 0 Å². The van der Waals surface area contributed by atoms with Crippen LogP contribution in [0.3, 0.4) is 0 Å². The second-order valence-corrected chi connectivity index (χ2v) is 10.9. The van der Waals surface area contributed by atoms with Crippen molar-refractivity contribution in [2.75, 3.05) is 5.73 Å². The van der Waals surface area contributed by atoms with Gasteiger partial charge in [-0.15, -0.1) is 0 Å². The first-order valence-electron chi connectivity index (χ1n) is 11.6. The van der Waals surface area contributed by atoms with Gasteiger partial charge < -0.3 is 19.8 Å². The molecule has 1 aliphatic carbocycles. The van der Waals surface area contributed by atoms with E-state index in [0.717, 1.165) is 44.8 Å². The maximum Gasteiger partial charge on any atom is 0.163 e. The second kappa shape index (κ2) is 8.27. The summed E-state index contributed by atoms with van der Waals surface area (Å²) in [5.74, 6) is -0.0764. The maximum absolute atomic E-state index is 6.42. The number of nitrogens with zero attached hydrogens (tertiary/aromatic N) is 4. The number of halogens is 2. The highest BCUT2D eigenvalue weighted by molar-refractivity contribution is 9.10. The third-order valence-electron chi connectivity index (χ3n) is 7.10. The number of aryl methyl sites for hydroxylation is 1. The molecule has 0 amide bonds. The minimum absolute atomic E-state index is 0.0943. The van der Waals surface area contributed by atoms with Crippen LogP contribution in [0.4, 0.5) is 5.82 Å². The molecule has 1 saturated carbocycles. The lowest BCUT2D eigenvalue weighted by atomic mass is 9.92. The molecule has 4 atom stereocenters. The molecule has 2 aliphatic rings. The second-order valence-electron chi connectivity index (χ2n) is 9.74. The highest BCUT2D eigenvalue weighted by Crippen LogP contribution is 2.51. The first kappa shape index (κ1) is 22.9. The summed E-state index contributed by atoms with van der Waals surface area (Å²) in [6.07, 6.45) is 4.97. The number of benzene rings is 1. The zero-order valence-corrected chi connectivity index (χ0v) is 21.8. The summed E-state index contributed by atoms with van der Waals surface area (Å²) in [5, 5.41) is 2.34. The van der Waals surface area contributed by atoms with Crippen molar-refractivity contribution < 1.29 is 9.47 Å². The molecule has 6 rings (SSSR count). The SMILES string of the molecule is C=C1[C@@H](n2ccc3c(N)ncnc32)[C@@H]2OC(C)(C)O[C@@H]2[C@H]1CCc1ccc2cc(Br)c(Cl)nc2c1. The van der Waals surface area contributed by atoms with Crippen molar-refractivity contribution in [3.63, 3.8) is 0 Å². The van der Waals surface area contributed by atoms with E-state index < -0.39 is 5.79 Å². The standard InChI is InChI=1S/C26H25BrClN5O2/c1-13-16(7-5-14-4-6-15-11-18(27)23(28)32-19(15)10-14)21-22(35-26(2,3)34-21)20(13)33-9-8-17-24(29)30-12-31-25(17)33/h4,6,8-12,16,20-22H,1,5,7H2,2-3H3,(H2,29,30,31)/t16-,20+,21+,22-/m0/s1. The normalized spacial score (nSPS) is 25.5. The Hall–Kier alpha value is -2.52. The van der Waals surface area contributed by atoms with Crippen LogP contribution in [-0.4, -0.2) is 37.5 Å². The van der Waals surface area contributed by atoms with Gasteiger partial charge in [0.2, 0.25) is 0 Å². The molecule has 9 heteroatoms. The van der Waals surface area contributed by atoms with Crippen molar-refractivity contribution in [2.45, 2.75) is 50.7 Å². The van der Waals surface area contributed by atoms with E-state index in [0.29, 0.717) is 11.0 Å². The number of anilines is 1. The van der Waals surface area contributed by atoms with Gasteiger partial charge in [-0.1, -0.05) is 30.3 Å². The molecule has 180 valence electrons. The molecule has 0 bridgehead atoms. The molecule has 2 fully saturated rings. The minimum atomic E-state index is -0.666. The van der Waals surface area contributed by atoms with Crippen molar-refractivity contribution in [1.29, 1.82) is 0 Å². The Morgan fingerprint density at radius 3 is 2.80 bits per heavy atom. The topological polar surface area (TPSA) is 88.1 Å². The highest BCUT2D eigenvalue weighted by atomic mass is 79.9. The van der Waals surface area contributed by atoms with Gasteiger partial charge in [0.25, 0.3) is 0 Å². The van der Waals surface area contributed by atoms with Gasteiger partial charge in [0.15, 0.2) is 5.79 Å². The molecular formula is C26H25BrClN5O2. The monoisotopic (exact) mass is 553 g/mol. The van der Waals surface area contributed by atoms with Crippen molar-refractivity contribution in [1.82, 2.24) is 19.5 Å². The van der Waals surface area contributed by atoms with E-state index in [-0.39, 0.29) is 24.2 Å². The molecule has 1 saturated heterocycles. The highest BCUT2D eigenvalue weighted by Gasteiger charge is 2.56. The molecule has 0 spiro atoms. The fourth-order valence-electron chi connectivity index (χ4n) is 5.56. The molecular weight excluding hydrogens is 530 g/mol. The van der Waals surface area contributed by atoms with Crippen LogP contribution in [0.15, 0.2) is 59.5 Å². The van der Waals surface area contributed by atoms with Gasteiger partial charge in [-0.25, -0.2) is 15.0 Å². The summed E-state index contributed by atoms with van der Waals surface area (Å²) >= 11 is 9.67. The summed E-state index contributed by atoms with van der Waals surface area (Å²) in [4.78, 5) is 13.1. The average molecular weight is 555 g/mol. The summed E-state index contributed by atoms with van der Waals surface area (Å²) in [7, 11) is 0. The fourth-order valence-corrected chi connectivity index (χ4v) is 6.04. The molecule has 0 unspecified atom stereocenters. The summed E-state index contributed by atoms with van der Waals surface area (Å²) in [6, 6.07) is 10.2. The van der Waals surface area contributed by atoms with Crippen molar-refractivity contribution >= 4 is 55.3 Å². The number of pyridine rings is 1. The Kier molecular flexibility index (Phi) is 5.41. The minimum Gasteiger partial charge on any atom is -0.383 e. The summed E-state index contributed by atoms with van der Waals surface area (Å²) in [5.41, 5.74) is 10.0. The smallest absolute Gasteiger partial charge is 0.163 e. The maximum atomic E-state index is 6.42. The molecule has 4 heterocycles. The Morgan fingerprint density at radius 2 is 1.97 bits per heavy atom. The molecule has 35 heavy (non-hydrogen) atoms. The van der Waals surface area contributed by atoms with Gasteiger partial charge in [-0.2, -0.15) is 0 Å². The Labute approximate surface area is 216 Å². The van der Waals surface area contributed by atoms with Crippen LogP contribution in [0.2, 0.25) is 5.15 Å². The zero-order chi connectivity index (χ0) is 24.5. The van der Waals surface area contributed by atoms with Gasteiger partial charge in [0.05, 0.1) is 27.5 Å². The third kappa shape index (κ3) is 3.83. The van der Waals surface area contributed by atoms with Gasteiger partial charge >= 0.3 is 0 Å². The number of aromatic nitrogens is 4. The Morgan fingerprint density at radius 1 is 1.17 bits per heavy atom.